The van der Waals surface area contributed by atoms with Gasteiger partial charge in [0.05, 0.1) is 10.7 Å². The van der Waals surface area contributed by atoms with Crippen molar-refractivity contribution in [1.29, 1.82) is 0 Å². The number of ether oxygens (including phenoxy) is 1. The van der Waals surface area contributed by atoms with Crippen molar-refractivity contribution >= 4 is 35.0 Å². The molecule has 1 heterocycles. The zero-order valence-corrected chi connectivity index (χ0v) is 11.7. The summed E-state index contributed by atoms with van der Waals surface area (Å²) in [5.41, 5.74) is 5.87. The lowest BCUT2D eigenvalue weighted by Crippen LogP contribution is -2.23. The fourth-order valence-corrected chi connectivity index (χ4v) is 1.72. The Bertz CT molecular complexity index is 656. The van der Waals surface area contributed by atoms with Crippen LogP contribution >= 0.6 is 11.6 Å². The van der Waals surface area contributed by atoms with Crippen LogP contribution < -0.4 is 11.1 Å². The lowest BCUT2D eigenvalue weighted by atomic mass is 10.3. The van der Waals surface area contributed by atoms with E-state index in [0.29, 0.717) is 16.5 Å². The summed E-state index contributed by atoms with van der Waals surface area (Å²) < 4.78 is 6.16. The standard InChI is InChI=1S/C13H13ClN4O3/c14-9-3-1-2-4-10(9)16-12(19)8-21-13(20)7-18-6-5-11(15)17-18/h1-6H,7-8H2,(H2,15,17)(H,16,19). The molecule has 0 radical (unpaired) electrons. The monoisotopic (exact) mass is 308 g/mol. The molecule has 0 aliphatic carbocycles. The van der Waals surface area contributed by atoms with Gasteiger partial charge in [-0.2, -0.15) is 5.10 Å². The molecule has 3 N–H and O–H groups in total. The van der Waals surface area contributed by atoms with Gasteiger partial charge >= 0.3 is 5.97 Å². The number of hydrogen-bond donors (Lipinski definition) is 2. The van der Waals surface area contributed by atoms with E-state index in [1.54, 1.807) is 36.5 Å². The van der Waals surface area contributed by atoms with Gasteiger partial charge in [0.1, 0.15) is 12.4 Å². The van der Waals surface area contributed by atoms with Crippen molar-refractivity contribution in [3.63, 3.8) is 0 Å². The van der Waals surface area contributed by atoms with Crippen LogP contribution in [0, 0.1) is 0 Å². The van der Waals surface area contributed by atoms with Gasteiger partial charge < -0.3 is 15.8 Å². The number of hydrogen-bond acceptors (Lipinski definition) is 5. The molecular formula is C13H13ClN4O3. The first-order valence-corrected chi connectivity index (χ1v) is 6.41. The van der Waals surface area contributed by atoms with Crippen molar-refractivity contribution in [1.82, 2.24) is 9.78 Å². The maximum atomic E-state index is 11.6. The van der Waals surface area contributed by atoms with Crippen LogP contribution in [0.2, 0.25) is 5.02 Å². The smallest absolute Gasteiger partial charge is 0.328 e. The number of nitrogens with two attached hydrogens (primary N) is 1. The molecule has 0 aliphatic rings. The average molecular weight is 309 g/mol. The van der Waals surface area contributed by atoms with Crippen molar-refractivity contribution in [2.24, 2.45) is 0 Å². The summed E-state index contributed by atoms with van der Waals surface area (Å²) in [5.74, 6) is -0.761. The third-order valence-corrected chi connectivity index (χ3v) is 2.79. The van der Waals surface area contributed by atoms with E-state index < -0.39 is 18.5 Å². The Labute approximate surface area is 125 Å². The number of rotatable bonds is 5. The Morgan fingerprint density at radius 3 is 2.76 bits per heavy atom. The minimum atomic E-state index is -0.590. The highest BCUT2D eigenvalue weighted by atomic mass is 35.5. The summed E-state index contributed by atoms with van der Waals surface area (Å²) in [6.07, 6.45) is 1.54. The molecular weight excluding hydrogens is 296 g/mol. The van der Waals surface area contributed by atoms with Gasteiger partial charge in [-0.05, 0) is 18.2 Å². The van der Waals surface area contributed by atoms with E-state index >= 15 is 0 Å². The summed E-state index contributed by atoms with van der Waals surface area (Å²) >= 11 is 5.89. The molecule has 2 aromatic rings. The van der Waals surface area contributed by atoms with Crippen molar-refractivity contribution in [3.8, 4) is 0 Å². The number of halogens is 1. The van der Waals surface area contributed by atoms with E-state index in [1.807, 2.05) is 0 Å². The van der Waals surface area contributed by atoms with E-state index in [-0.39, 0.29) is 6.54 Å². The number of carbonyl (C=O) groups is 2. The van der Waals surface area contributed by atoms with Gasteiger partial charge in [0.2, 0.25) is 0 Å². The van der Waals surface area contributed by atoms with Gasteiger partial charge in [0.15, 0.2) is 6.61 Å². The van der Waals surface area contributed by atoms with E-state index in [4.69, 9.17) is 22.1 Å². The summed E-state index contributed by atoms with van der Waals surface area (Å²) in [6, 6.07) is 8.32. The van der Waals surface area contributed by atoms with Crippen LogP contribution in [-0.2, 0) is 20.9 Å². The zero-order chi connectivity index (χ0) is 15.2. The molecule has 0 saturated carbocycles. The largest absolute Gasteiger partial charge is 0.454 e. The second kappa shape index (κ2) is 6.76. The Morgan fingerprint density at radius 2 is 2.10 bits per heavy atom. The Kier molecular flexibility index (Phi) is 4.78. The number of nitrogen functional groups attached to an aromatic ring is 1. The fraction of sp³-hybridized carbons (Fsp3) is 0.154. The molecule has 0 aliphatic heterocycles. The number of carbonyl (C=O) groups excluding carboxylic acids is 2. The molecule has 1 aromatic carbocycles. The van der Waals surface area contributed by atoms with E-state index in [9.17, 15) is 9.59 Å². The molecule has 1 amide bonds. The van der Waals surface area contributed by atoms with Gasteiger partial charge in [-0.3, -0.25) is 14.3 Å². The molecule has 1 aromatic heterocycles. The molecule has 8 heteroatoms. The number of nitrogens with one attached hydrogen (secondary N) is 1. The second-order valence-corrected chi connectivity index (χ2v) is 4.53. The second-order valence-electron chi connectivity index (χ2n) is 4.13. The third kappa shape index (κ3) is 4.50. The molecule has 2 rings (SSSR count). The fourth-order valence-electron chi connectivity index (χ4n) is 1.54. The normalized spacial score (nSPS) is 10.1. The first-order valence-electron chi connectivity index (χ1n) is 6.03. The number of esters is 1. The SMILES string of the molecule is Nc1ccn(CC(=O)OCC(=O)Nc2ccccc2Cl)n1. The molecule has 0 saturated heterocycles. The Balaban J connectivity index is 1.78. The van der Waals surface area contributed by atoms with Crippen LogP contribution in [0.25, 0.3) is 0 Å². The average Bonchev–Trinajstić information content (AvgIpc) is 2.84. The van der Waals surface area contributed by atoms with Crippen molar-refractivity contribution in [3.05, 3.63) is 41.6 Å². The lowest BCUT2D eigenvalue weighted by Gasteiger charge is -2.07. The third-order valence-electron chi connectivity index (χ3n) is 2.46. The molecule has 21 heavy (non-hydrogen) atoms. The minimum absolute atomic E-state index is 0.115. The van der Waals surface area contributed by atoms with Gasteiger partial charge in [-0.1, -0.05) is 23.7 Å². The first kappa shape index (κ1) is 14.9. The van der Waals surface area contributed by atoms with Crippen LogP contribution in [0.1, 0.15) is 0 Å². The van der Waals surface area contributed by atoms with Gasteiger partial charge in [-0.15, -0.1) is 0 Å². The molecule has 7 nitrogen and oxygen atoms in total. The molecule has 0 atom stereocenters. The zero-order valence-electron chi connectivity index (χ0n) is 11.0. The van der Waals surface area contributed by atoms with Crippen molar-refractivity contribution < 1.29 is 14.3 Å². The number of amides is 1. The number of nitrogens with zero attached hydrogens (tertiary/aromatic N) is 2. The van der Waals surface area contributed by atoms with E-state index in [2.05, 4.69) is 10.4 Å². The summed E-state index contributed by atoms with van der Waals surface area (Å²) in [5, 5.41) is 6.78. The molecule has 0 fully saturated rings. The highest BCUT2D eigenvalue weighted by Crippen LogP contribution is 2.20. The first-order chi connectivity index (χ1) is 10.0. The predicted octanol–water partition coefficient (Wildman–Crippen LogP) is 1.30. The maximum absolute atomic E-state index is 11.6. The number of aromatic nitrogens is 2. The van der Waals surface area contributed by atoms with Crippen LogP contribution in [0.5, 0.6) is 0 Å². The lowest BCUT2D eigenvalue weighted by molar-refractivity contribution is -0.148. The molecule has 0 spiro atoms. The summed E-state index contributed by atoms with van der Waals surface area (Å²) in [6.45, 7) is -0.516. The van der Waals surface area contributed by atoms with Crippen molar-refractivity contribution in [2.45, 2.75) is 6.54 Å². The minimum Gasteiger partial charge on any atom is -0.454 e. The summed E-state index contributed by atoms with van der Waals surface area (Å²) in [7, 11) is 0. The van der Waals surface area contributed by atoms with Gasteiger partial charge in [0.25, 0.3) is 5.91 Å². The predicted molar refractivity (Wildman–Crippen MR) is 77.7 cm³/mol. The summed E-state index contributed by atoms with van der Waals surface area (Å²) in [4.78, 5) is 23.2. The molecule has 0 unspecified atom stereocenters. The van der Waals surface area contributed by atoms with Crippen LogP contribution in [0.3, 0.4) is 0 Å². The number of para-hydroxylation sites is 1. The highest BCUT2D eigenvalue weighted by Gasteiger charge is 2.10. The highest BCUT2D eigenvalue weighted by molar-refractivity contribution is 6.33. The van der Waals surface area contributed by atoms with E-state index in [1.165, 1.54) is 4.68 Å². The van der Waals surface area contributed by atoms with E-state index in [0.717, 1.165) is 0 Å². The molecule has 110 valence electrons. The van der Waals surface area contributed by atoms with Crippen LogP contribution in [0.4, 0.5) is 11.5 Å². The number of benzene rings is 1. The van der Waals surface area contributed by atoms with Crippen LogP contribution in [0.15, 0.2) is 36.5 Å². The van der Waals surface area contributed by atoms with Crippen molar-refractivity contribution in [2.75, 3.05) is 17.7 Å². The quantitative estimate of drug-likeness (QED) is 0.811. The topological polar surface area (TPSA) is 99.2 Å². The number of anilines is 2. The molecule has 0 bridgehead atoms. The van der Waals surface area contributed by atoms with Gasteiger partial charge in [-0.25, -0.2) is 0 Å². The van der Waals surface area contributed by atoms with Gasteiger partial charge in [0, 0.05) is 6.20 Å². The van der Waals surface area contributed by atoms with Crippen LogP contribution in [-0.4, -0.2) is 28.3 Å². The Hall–Kier alpha value is -2.54. The maximum Gasteiger partial charge on any atom is 0.328 e. The Morgan fingerprint density at radius 1 is 1.33 bits per heavy atom.